The number of amides is 2. The Kier molecular flexibility index (Phi) is 5.82. The number of hydrogen-bond acceptors (Lipinski definition) is 3. The average Bonchev–Trinajstić information content (AvgIpc) is 3.49. The van der Waals surface area contributed by atoms with Gasteiger partial charge in [0.05, 0.1) is 22.4 Å². The molecule has 6 nitrogen and oxygen atoms in total. The Bertz CT molecular complexity index is 1580. The standard InChI is InChI=1S/C30H28Cl2N4O2/c1-5-18-7-6-8-21(13-18)36-27(16(2)3)25-26(34-36)28(37)35(24-15-20(32)10-9-17(24)4)30(25)22-12-11-19(31)14-23(22)33-29(30)38/h6-10,12-16,19H,5,11H2,1-4H3,(H,33,38). The number of nitrogens with one attached hydrogen (secondary N) is 1. The second-order valence-corrected chi connectivity index (χ2v) is 11.4. The predicted octanol–water partition coefficient (Wildman–Crippen LogP) is 6.33. The molecule has 194 valence electrons. The highest BCUT2D eigenvalue weighted by Crippen LogP contribution is 2.55. The third kappa shape index (κ3) is 3.36. The van der Waals surface area contributed by atoms with Gasteiger partial charge in [-0.25, -0.2) is 4.68 Å². The summed E-state index contributed by atoms with van der Waals surface area (Å²) in [5.41, 5.74) is 5.12. The van der Waals surface area contributed by atoms with Crippen LogP contribution >= 0.6 is 23.2 Å². The molecule has 1 spiro atoms. The first-order valence-corrected chi connectivity index (χ1v) is 13.7. The number of allylic oxidation sites excluding steroid dienone is 2. The summed E-state index contributed by atoms with van der Waals surface area (Å²) in [5.74, 6) is -0.661. The number of aromatic nitrogens is 2. The van der Waals surface area contributed by atoms with Gasteiger partial charge in [0, 0.05) is 21.9 Å². The minimum atomic E-state index is -1.43. The molecule has 2 amide bonds. The van der Waals surface area contributed by atoms with E-state index in [1.165, 1.54) is 0 Å². The first-order chi connectivity index (χ1) is 18.2. The van der Waals surface area contributed by atoms with Crippen LogP contribution in [0.5, 0.6) is 0 Å². The zero-order valence-electron chi connectivity index (χ0n) is 21.7. The van der Waals surface area contributed by atoms with E-state index in [2.05, 4.69) is 38.2 Å². The summed E-state index contributed by atoms with van der Waals surface area (Å²) in [6.07, 6.45) is 5.27. The molecule has 0 radical (unpaired) electrons. The van der Waals surface area contributed by atoms with Gasteiger partial charge in [0.2, 0.25) is 0 Å². The van der Waals surface area contributed by atoms with Gasteiger partial charge < -0.3 is 5.32 Å². The van der Waals surface area contributed by atoms with Crippen molar-refractivity contribution >= 4 is 40.7 Å². The molecule has 1 N–H and O–H groups in total. The molecule has 6 rings (SSSR count). The van der Waals surface area contributed by atoms with E-state index in [1.54, 1.807) is 17.0 Å². The topological polar surface area (TPSA) is 67.2 Å². The number of benzene rings is 2. The molecule has 3 aromatic rings. The fourth-order valence-corrected chi connectivity index (χ4v) is 6.38. The number of rotatable bonds is 4. The minimum absolute atomic E-state index is 0.0348. The van der Waals surface area contributed by atoms with Crippen LogP contribution < -0.4 is 10.2 Å². The van der Waals surface area contributed by atoms with Gasteiger partial charge in [-0.15, -0.1) is 11.6 Å². The van der Waals surface area contributed by atoms with Crippen LogP contribution in [0.1, 0.15) is 66.0 Å². The highest BCUT2D eigenvalue weighted by Gasteiger charge is 2.65. The Morgan fingerprint density at radius 3 is 2.71 bits per heavy atom. The molecular formula is C30H28Cl2N4O2. The monoisotopic (exact) mass is 546 g/mol. The Balaban J connectivity index is 1.70. The summed E-state index contributed by atoms with van der Waals surface area (Å²) in [5, 5.41) is 8.20. The van der Waals surface area contributed by atoms with E-state index in [0.717, 1.165) is 34.5 Å². The Morgan fingerprint density at radius 2 is 1.97 bits per heavy atom. The molecule has 1 aromatic heterocycles. The molecule has 0 saturated carbocycles. The van der Waals surface area contributed by atoms with E-state index in [0.29, 0.717) is 28.4 Å². The van der Waals surface area contributed by atoms with Crippen molar-refractivity contribution in [2.45, 2.75) is 57.4 Å². The van der Waals surface area contributed by atoms with Gasteiger partial charge >= 0.3 is 0 Å². The number of aryl methyl sites for hydroxylation is 2. The van der Waals surface area contributed by atoms with E-state index >= 15 is 0 Å². The molecule has 3 aliphatic rings. The molecule has 1 saturated heterocycles. The third-order valence-electron chi connectivity index (χ3n) is 7.70. The number of anilines is 1. The second kappa shape index (κ2) is 8.85. The fourth-order valence-electron chi connectivity index (χ4n) is 6.00. The van der Waals surface area contributed by atoms with Gasteiger partial charge in [0.1, 0.15) is 0 Å². The fraction of sp³-hybridized carbons (Fsp3) is 0.300. The summed E-state index contributed by atoms with van der Waals surface area (Å²) >= 11 is 12.9. The maximum absolute atomic E-state index is 14.4. The maximum Gasteiger partial charge on any atom is 0.280 e. The Hall–Kier alpha value is -3.35. The Labute approximate surface area is 231 Å². The summed E-state index contributed by atoms with van der Waals surface area (Å²) in [7, 11) is 0. The van der Waals surface area contributed by atoms with E-state index in [1.807, 2.05) is 42.0 Å². The summed E-state index contributed by atoms with van der Waals surface area (Å²) in [6.45, 7) is 8.15. The number of fused-ring (bicyclic) bond motifs is 4. The number of halogens is 2. The van der Waals surface area contributed by atoms with E-state index in [9.17, 15) is 9.59 Å². The lowest BCUT2D eigenvalue weighted by Gasteiger charge is -2.37. The van der Waals surface area contributed by atoms with Crippen molar-refractivity contribution in [3.05, 3.63) is 99.0 Å². The SMILES string of the molecule is CCc1cccc(-n2nc3c(c2C(C)C)C2(C(=O)NC4=CC(Cl)CC=C42)N(c2cc(Cl)ccc2C)C3=O)c1. The Morgan fingerprint density at radius 1 is 1.18 bits per heavy atom. The number of hydrogen-bond donors (Lipinski definition) is 1. The van der Waals surface area contributed by atoms with Crippen molar-refractivity contribution in [3.63, 3.8) is 0 Å². The second-order valence-electron chi connectivity index (χ2n) is 10.4. The number of nitrogens with zero attached hydrogens (tertiary/aromatic N) is 3. The maximum atomic E-state index is 14.4. The molecular weight excluding hydrogens is 519 g/mol. The van der Waals surface area contributed by atoms with E-state index in [-0.39, 0.29) is 28.8 Å². The first-order valence-electron chi connectivity index (χ1n) is 12.9. The zero-order chi connectivity index (χ0) is 26.9. The average molecular weight is 547 g/mol. The smallest absolute Gasteiger partial charge is 0.280 e. The van der Waals surface area contributed by atoms with Gasteiger partial charge in [-0.2, -0.15) is 5.10 Å². The van der Waals surface area contributed by atoms with Gasteiger partial charge in [-0.1, -0.05) is 56.6 Å². The van der Waals surface area contributed by atoms with Gasteiger partial charge in [-0.05, 0) is 67.2 Å². The lowest BCUT2D eigenvalue weighted by Crippen LogP contribution is -2.51. The molecule has 0 bridgehead atoms. The normalized spacial score (nSPS) is 22.1. The van der Waals surface area contributed by atoms with Crippen molar-refractivity contribution in [2.75, 3.05) is 4.90 Å². The van der Waals surface area contributed by atoms with Crippen LogP contribution in [0.25, 0.3) is 5.69 Å². The van der Waals surface area contributed by atoms with Crippen molar-refractivity contribution in [1.82, 2.24) is 15.1 Å². The first kappa shape index (κ1) is 25.0. The molecule has 2 unspecified atom stereocenters. The lowest BCUT2D eigenvalue weighted by atomic mass is 9.79. The van der Waals surface area contributed by atoms with Crippen molar-refractivity contribution in [3.8, 4) is 5.69 Å². The van der Waals surface area contributed by atoms with Gasteiger partial charge in [-0.3, -0.25) is 14.5 Å². The highest BCUT2D eigenvalue weighted by molar-refractivity contribution is 6.31. The van der Waals surface area contributed by atoms with Crippen molar-refractivity contribution in [2.24, 2.45) is 0 Å². The third-order valence-corrected chi connectivity index (χ3v) is 8.24. The quantitative estimate of drug-likeness (QED) is 0.389. The molecule has 2 atom stereocenters. The van der Waals surface area contributed by atoms with Gasteiger partial charge in [0.15, 0.2) is 11.2 Å². The van der Waals surface area contributed by atoms with Crippen LogP contribution in [-0.4, -0.2) is 27.0 Å². The number of carbonyl (C=O) groups excluding carboxylic acids is 2. The lowest BCUT2D eigenvalue weighted by molar-refractivity contribution is -0.122. The summed E-state index contributed by atoms with van der Waals surface area (Å²) in [4.78, 5) is 30.3. The molecule has 1 aliphatic carbocycles. The largest absolute Gasteiger partial charge is 0.323 e. The molecule has 2 aromatic carbocycles. The minimum Gasteiger partial charge on any atom is -0.323 e. The molecule has 8 heteroatoms. The zero-order valence-corrected chi connectivity index (χ0v) is 23.2. The van der Waals surface area contributed by atoms with Crippen LogP contribution in [0.2, 0.25) is 5.02 Å². The van der Waals surface area contributed by atoms with Crippen LogP contribution in [0, 0.1) is 6.92 Å². The van der Waals surface area contributed by atoms with E-state index < -0.39 is 5.54 Å². The predicted molar refractivity (Wildman–Crippen MR) is 150 cm³/mol. The number of carbonyl (C=O) groups is 2. The summed E-state index contributed by atoms with van der Waals surface area (Å²) in [6, 6.07) is 13.5. The van der Waals surface area contributed by atoms with Gasteiger partial charge in [0.25, 0.3) is 11.8 Å². The van der Waals surface area contributed by atoms with Crippen molar-refractivity contribution < 1.29 is 9.59 Å². The van der Waals surface area contributed by atoms with Crippen molar-refractivity contribution in [1.29, 1.82) is 0 Å². The van der Waals surface area contributed by atoms with Crippen LogP contribution in [-0.2, 0) is 16.8 Å². The highest BCUT2D eigenvalue weighted by atomic mass is 35.5. The molecule has 1 fully saturated rings. The molecule has 3 heterocycles. The van der Waals surface area contributed by atoms with Crippen LogP contribution in [0.15, 0.2) is 65.9 Å². The van der Waals surface area contributed by atoms with Crippen LogP contribution in [0.3, 0.4) is 0 Å². The molecule has 38 heavy (non-hydrogen) atoms. The molecule has 2 aliphatic heterocycles. The summed E-state index contributed by atoms with van der Waals surface area (Å²) < 4.78 is 1.85. The number of alkyl halides is 1. The van der Waals surface area contributed by atoms with Crippen LogP contribution in [0.4, 0.5) is 5.69 Å². The van der Waals surface area contributed by atoms with E-state index in [4.69, 9.17) is 28.3 Å².